The van der Waals surface area contributed by atoms with Crippen molar-refractivity contribution in [2.75, 3.05) is 6.54 Å². The molecule has 0 N–H and O–H groups in total. The lowest BCUT2D eigenvalue weighted by molar-refractivity contribution is 1.14. The third-order valence-corrected chi connectivity index (χ3v) is 0.494. The summed E-state index contributed by atoms with van der Waals surface area (Å²) in [4.78, 5) is 3.95. The van der Waals surface area contributed by atoms with Crippen LogP contribution < -0.4 is 0 Å². The van der Waals surface area contributed by atoms with Crippen LogP contribution in [0.1, 0.15) is 13.8 Å². The molecule has 1 nitrogen and oxygen atoms in total. The van der Waals surface area contributed by atoms with Gasteiger partial charge in [-0.2, -0.15) is 0 Å². The largest absolute Gasteiger partial charge is 0.293 e. The highest BCUT2D eigenvalue weighted by Gasteiger charge is 1.68. The van der Waals surface area contributed by atoms with Crippen LogP contribution >= 0.6 is 0 Å². The van der Waals surface area contributed by atoms with Crippen LogP contribution in [0.2, 0.25) is 0 Å². The standard InChI is InChI=1S/C6H11N/c1-4-7-5-6(2)3/h5H,2,4H2,1,3H3/b7-5+. The van der Waals surface area contributed by atoms with E-state index in [2.05, 4.69) is 11.6 Å². The fraction of sp³-hybridized carbons (Fsp3) is 0.500. The van der Waals surface area contributed by atoms with Gasteiger partial charge in [-0.3, -0.25) is 4.99 Å². The van der Waals surface area contributed by atoms with Crippen LogP contribution in [0.3, 0.4) is 0 Å². The SMILES string of the molecule is C=C(C)/C=N/CC. The molecule has 0 rings (SSSR count). The molecule has 0 aromatic rings. The number of rotatable bonds is 2. The summed E-state index contributed by atoms with van der Waals surface area (Å²) in [5.41, 5.74) is 1.02. The van der Waals surface area contributed by atoms with Crippen molar-refractivity contribution in [2.24, 2.45) is 4.99 Å². The van der Waals surface area contributed by atoms with Gasteiger partial charge in [0.05, 0.1) is 0 Å². The molecule has 1 heteroatoms. The van der Waals surface area contributed by atoms with Gasteiger partial charge in [0.15, 0.2) is 0 Å². The van der Waals surface area contributed by atoms with Crippen LogP contribution in [0, 0.1) is 0 Å². The molecule has 0 heterocycles. The molecule has 0 fully saturated rings. The van der Waals surface area contributed by atoms with Gasteiger partial charge in [-0.05, 0) is 19.4 Å². The molecule has 0 unspecified atom stereocenters. The average Bonchev–Trinajstić information content (AvgIpc) is 1.61. The molecule has 0 aromatic carbocycles. The second-order valence-electron chi connectivity index (χ2n) is 1.47. The van der Waals surface area contributed by atoms with E-state index in [9.17, 15) is 0 Å². The molecule has 0 saturated heterocycles. The van der Waals surface area contributed by atoms with E-state index in [-0.39, 0.29) is 0 Å². The van der Waals surface area contributed by atoms with Crippen molar-refractivity contribution >= 4 is 6.21 Å². The van der Waals surface area contributed by atoms with Crippen LogP contribution in [0.25, 0.3) is 0 Å². The summed E-state index contributed by atoms with van der Waals surface area (Å²) in [6.45, 7) is 8.43. The first-order valence-corrected chi connectivity index (χ1v) is 2.42. The maximum atomic E-state index is 3.95. The van der Waals surface area contributed by atoms with E-state index in [0.29, 0.717) is 0 Å². The lowest BCUT2D eigenvalue weighted by atomic mass is 10.4. The summed E-state index contributed by atoms with van der Waals surface area (Å²) in [5.74, 6) is 0. The Morgan fingerprint density at radius 1 is 1.86 bits per heavy atom. The molecule has 0 radical (unpaired) electrons. The van der Waals surface area contributed by atoms with Crippen molar-refractivity contribution in [3.05, 3.63) is 12.2 Å². The number of allylic oxidation sites excluding steroid dienone is 1. The number of aliphatic imine (C=N–C) groups is 1. The normalized spacial score (nSPS) is 10.0. The molecule has 7 heavy (non-hydrogen) atoms. The van der Waals surface area contributed by atoms with E-state index in [1.807, 2.05) is 13.8 Å². The molecule has 0 bridgehead atoms. The van der Waals surface area contributed by atoms with Gasteiger partial charge >= 0.3 is 0 Å². The zero-order valence-corrected chi connectivity index (χ0v) is 4.94. The van der Waals surface area contributed by atoms with Gasteiger partial charge in [0, 0.05) is 12.8 Å². The van der Waals surface area contributed by atoms with Crippen molar-refractivity contribution < 1.29 is 0 Å². The Balaban J connectivity index is 3.26. The summed E-state index contributed by atoms with van der Waals surface area (Å²) < 4.78 is 0. The summed E-state index contributed by atoms with van der Waals surface area (Å²) >= 11 is 0. The van der Waals surface area contributed by atoms with E-state index in [1.54, 1.807) is 6.21 Å². The summed E-state index contributed by atoms with van der Waals surface area (Å²) in [7, 11) is 0. The first-order chi connectivity index (χ1) is 3.27. The lowest BCUT2D eigenvalue weighted by Crippen LogP contribution is -1.73. The predicted octanol–water partition coefficient (Wildman–Crippen LogP) is 1.65. The minimum atomic E-state index is 0.854. The second-order valence-corrected chi connectivity index (χ2v) is 1.47. The maximum absolute atomic E-state index is 3.95. The Bertz CT molecular complexity index is 82.2. The summed E-state index contributed by atoms with van der Waals surface area (Å²) in [6, 6.07) is 0. The maximum Gasteiger partial charge on any atom is 0.0361 e. The monoisotopic (exact) mass is 97.1 g/mol. The fourth-order valence-electron chi connectivity index (χ4n) is 0.247. The second kappa shape index (κ2) is 3.59. The van der Waals surface area contributed by atoms with Crippen molar-refractivity contribution in [2.45, 2.75) is 13.8 Å². The van der Waals surface area contributed by atoms with Gasteiger partial charge in [-0.15, -0.1) is 0 Å². The Labute approximate surface area is 44.8 Å². The van der Waals surface area contributed by atoms with E-state index in [4.69, 9.17) is 0 Å². The highest BCUT2D eigenvalue weighted by atomic mass is 14.7. The Hall–Kier alpha value is -0.590. The first-order valence-electron chi connectivity index (χ1n) is 2.42. The minimum Gasteiger partial charge on any atom is -0.293 e. The minimum absolute atomic E-state index is 0.854. The Morgan fingerprint density at radius 2 is 2.43 bits per heavy atom. The summed E-state index contributed by atoms with van der Waals surface area (Å²) in [5, 5.41) is 0. The van der Waals surface area contributed by atoms with Crippen LogP contribution in [-0.2, 0) is 0 Å². The topological polar surface area (TPSA) is 12.4 Å². The smallest absolute Gasteiger partial charge is 0.0361 e. The van der Waals surface area contributed by atoms with E-state index >= 15 is 0 Å². The van der Waals surface area contributed by atoms with Crippen LogP contribution in [0.15, 0.2) is 17.1 Å². The number of nitrogens with zero attached hydrogens (tertiary/aromatic N) is 1. The lowest BCUT2D eigenvalue weighted by Gasteiger charge is -1.80. The predicted molar refractivity (Wildman–Crippen MR) is 33.8 cm³/mol. The van der Waals surface area contributed by atoms with Gasteiger partial charge in [0.25, 0.3) is 0 Å². The van der Waals surface area contributed by atoms with Crippen LogP contribution in [0.4, 0.5) is 0 Å². The molecular weight excluding hydrogens is 86.1 g/mol. The Kier molecular flexibility index (Phi) is 3.29. The molecule has 0 atom stereocenters. The van der Waals surface area contributed by atoms with E-state index in [0.717, 1.165) is 12.1 Å². The summed E-state index contributed by atoms with van der Waals surface area (Å²) in [6.07, 6.45) is 1.78. The van der Waals surface area contributed by atoms with Gasteiger partial charge < -0.3 is 0 Å². The van der Waals surface area contributed by atoms with Crippen molar-refractivity contribution in [1.29, 1.82) is 0 Å². The molecule has 0 aliphatic heterocycles. The molecular formula is C6H11N. The zero-order chi connectivity index (χ0) is 5.70. The zero-order valence-electron chi connectivity index (χ0n) is 4.94. The van der Waals surface area contributed by atoms with Crippen LogP contribution in [-0.4, -0.2) is 12.8 Å². The fourth-order valence-corrected chi connectivity index (χ4v) is 0.247. The van der Waals surface area contributed by atoms with Crippen molar-refractivity contribution in [3.8, 4) is 0 Å². The molecule has 0 aliphatic rings. The molecule has 0 spiro atoms. The van der Waals surface area contributed by atoms with E-state index in [1.165, 1.54) is 0 Å². The molecule has 40 valence electrons. The van der Waals surface area contributed by atoms with Gasteiger partial charge in [0.2, 0.25) is 0 Å². The van der Waals surface area contributed by atoms with Gasteiger partial charge in [0.1, 0.15) is 0 Å². The third-order valence-electron chi connectivity index (χ3n) is 0.494. The van der Waals surface area contributed by atoms with E-state index < -0.39 is 0 Å². The van der Waals surface area contributed by atoms with Gasteiger partial charge in [-0.25, -0.2) is 0 Å². The quantitative estimate of drug-likeness (QED) is 0.464. The Morgan fingerprint density at radius 3 is 2.57 bits per heavy atom. The number of hydrogen-bond acceptors (Lipinski definition) is 1. The van der Waals surface area contributed by atoms with Crippen LogP contribution in [0.5, 0.6) is 0 Å². The third kappa shape index (κ3) is 5.41. The highest BCUT2D eigenvalue weighted by Crippen LogP contribution is 1.77. The molecule has 0 aromatic heterocycles. The van der Waals surface area contributed by atoms with Crippen molar-refractivity contribution in [3.63, 3.8) is 0 Å². The number of hydrogen-bond donors (Lipinski definition) is 0. The highest BCUT2D eigenvalue weighted by molar-refractivity contribution is 5.76. The first kappa shape index (κ1) is 6.41. The average molecular weight is 97.2 g/mol. The molecule has 0 saturated carbocycles. The van der Waals surface area contributed by atoms with Gasteiger partial charge in [-0.1, -0.05) is 6.58 Å². The molecule has 0 amide bonds. The van der Waals surface area contributed by atoms with Crippen molar-refractivity contribution in [1.82, 2.24) is 0 Å². The molecule has 0 aliphatic carbocycles.